The van der Waals surface area contributed by atoms with Crippen LogP contribution in [-0.4, -0.2) is 42.9 Å². The van der Waals surface area contributed by atoms with Gasteiger partial charge in [-0.3, -0.25) is 9.59 Å². The Morgan fingerprint density at radius 2 is 2.06 bits per heavy atom. The Kier molecular flexibility index (Phi) is 3.88. The summed E-state index contributed by atoms with van der Waals surface area (Å²) in [5.41, 5.74) is 0.702. The van der Waals surface area contributed by atoms with Crippen molar-refractivity contribution in [1.82, 2.24) is 4.90 Å². The predicted octanol–water partition coefficient (Wildman–Crippen LogP) is 1.12. The second kappa shape index (κ2) is 5.59. The summed E-state index contributed by atoms with van der Waals surface area (Å²) in [5, 5.41) is 0. The monoisotopic (exact) mass is 233 g/mol. The summed E-state index contributed by atoms with van der Waals surface area (Å²) >= 11 is 0. The van der Waals surface area contributed by atoms with Crippen LogP contribution in [0.3, 0.4) is 0 Å². The lowest BCUT2D eigenvalue weighted by Gasteiger charge is -2.26. The fourth-order valence-corrected chi connectivity index (χ4v) is 1.79. The zero-order valence-electron chi connectivity index (χ0n) is 9.59. The number of nitrogens with zero attached hydrogens (tertiary/aromatic N) is 1. The van der Waals surface area contributed by atoms with Crippen molar-refractivity contribution in [2.45, 2.75) is 6.42 Å². The van der Waals surface area contributed by atoms with Crippen molar-refractivity contribution in [3.63, 3.8) is 0 Å². The fourth-order valence-electron chi connectivity index (χ4n) is 1.79. The van der Waals surface area contributed by atoms with Crippen molar-refractivity contribution >= 4 is 11.7 Å². The number of benzene rings is 1. The van der Waals surface area contributed by atoms with Crippen molar-refractivity contribution in [2.24, 2.45) is 0 Å². The van der Waals surface area contributed by atoms with Gasteiger partial charge in [0, 0.05) is 25.1 Å². The Labute approximate surface area is 100 Å². The first-order valence-corrected chi connectivity index (χ1v) is 5.71. The number of carbonyl (C=O) groups is 2. The summed E-state index contributed by atoms with van der Waals surface area (Å²) in [5.74, 6) is 0.0435. The van der Waals surface area contributed by atoms with Gasteiger partial charge in [-0.25, -0.2) is 0 Å². The van der Waals surface area contributed by atoms with Crippen molar-refractivity contribution < 1.29 is 14.3 Å². The summed E-state index contributed by atoms with van der Waals surface area (Å²) in [6.07, 6.45) is 0.371. The number of rotatable bonds is 4. The molecule has 1 fully saturated rings. The van der Waals surface area contributed by atoms with Gasteiger partial charge in [-0.15, -0.1) is 0 Å². The Hall–Kier alpha value is -1.68. The third-order valence-electron chi connectivity index (χ3n) is 2.79. The predicted molar refractivity (Wildman–Crippen MR) is 62.8 cm³/mol. The molecule has 4 nitrogen and oxygen atoms in total. The van der Waals surface area contributed by atoms with E-state index in [1.807, 2.05) is 18.2 Å². The van der Waals surface area contributed by atoms with Gasteiger partial charge in [0.25, 0.3) is 0 Å². The Morgan fingerprint density at radius 3 is 2.76 bits per heavy atom. The van der Waals surface area contributed by atoms with E-state index in [4.69, 9.17) is 4.74 Å². The highest BCUT2D eigenvalue weighted by Gasteiger charge is 2.19. The van der Waals surface area contributed by atoms with Gasteiger partial charge in [0.1, 0.15) is 6.61 Å². The van der Waals surface area contributed by atoms with Gasteiger partial charge < -0.3 is 9.64 Å². The third kappa shape index (κ3) is 3.14. The number of Topliss-reactive ketones (excluding diaryl/α,β-unsaturated/α-hetero) is 1. The van der Waals surface area contributed by atoms with Crippen LogP contribution >= 0.6 is 0 Å². The SMILES string of the molecule is O=C(CCN1CCOCC1=O)c1ccccc1. The number of amides is 1. The van der Waals surface area contributed by atoms with E-state index < -0.39 is 0 Å². The van der Waals surface area contributed by atoms with Gasteiger partial charge in [-0.1, -0.05) is 30.3 Å². The molecule has 1 saturated heterocycles. The molecule has 1 aliphatic rings. The van der Waals surface area contributed by atoms with Crippen LogP contribution in [0.4, 0.5) is 0 Å². The summed E-state index contributed by atoms with van der Waals surface area (Å²) in [4.78, 5) is 24.9. The molecule has 1 heterocycles. The van der Waals surface area contributed by atoms with Gasteiger partial charge in [0.15, 0.2) is 5.78 Å². The van der Waals surface area contributed by atoms with Crippen molar-refractivity contribution in [2.75, 3.05) is 26.3 Å². The van der Waals surface area contributed by atoms with Crippen LogP contribution in [-0.2, 0) is 9.53 Å². The zero-order valence-corrected chi connectivity index (χ0v) is 9.59. The molecule has 2 rings (SSSR count). The van der Waals surface area contributed by atoms with E-state index in [0.29, 0.717) is 31.7 Å². The molecule has 17 heavy (non-hydrogen) atoms. The maximum atomic E-state index is 11.8. The molecule has 0 unspecified atom stereocenters. The minimum Gasteiger partial charge on any atom is -0.370 e. The molecule has 0 saturated carbocycles. The highest BCUT2D eigenvalue weighted by Crippen LogP contribution is 2.06. The molecule has 1 amide bonds. The third-order valence-corrected chi connectivity index (χ3v) is 2.79. The van der Waals surface area contributed by atoms with E-state index >= 15 is 0 Å². The summed E-state index contributed by atoms with van der Waals surface area (Å²) in [6.45, 7) is 1.77. The Morgan fingerprint density at radius 1 is 1.29 bits per heavy atom. The Bertz CT molecular complexity index is 402. The van der Waals surface area contributed by atoms with E-state index in [0.717, 1.165) is 0 Å². The van der Waals surface area contributed by atoms with Crippen LogP contribution in [0.5, 0.6) is 0 Å². The molecule has 0 radical (unpaired) electrons. The molecule has 4 heteroatoms. The standard InChI is InChI=1S/C13H15NO3/c15-12(11-4-2-1-3-5-11)6-7-14-8-9-17-10-13(14)16/h1-5H,6-10H2. The second-order valence-corrected chi connectivity index (χ2v) is 3.97. The first kappa shape index (κ1) is 11.8. The van der Waals surface area contributed by atoms with Crippen molar-refractivity contribution in [1.29, 1.82) is 0 Å². The average Bonchev–Trinajstić information content (AvgIpc) is 2.38. The highest BCUT2D eigenvalue weighted by atomic mass is 16.5. The molecule has 0 aliphatic carbocycles. The molecule has 0 bridgehead atoms. The average molecular weight is 233 g/mol. The number of hydrogen-bond acceptors (Lipinski definition) is 3. The number of carbonyl (C=O) groups excluding carboxylic acids is 2. The molecule has 0 N–H and O–H groups in total. The van der Waals surface area contributed by atoms with E-state index in [2.05, 4.69) is 0 Å². The number of hydrogen-bond donors (Lipinski definition) is 0. The van der Waals surface area contributed by atoms with E-state index in [9.17, 15) is 9.59 Å². The van der Waals surface area contributed by atoms with Gasteiger partial charge in [0.05, 0.1) is 6.61 Å². The topological polar surface area (TPSA) is 46.6 Å². The maximum absolute atomic E-state index is 11.8. The smallest absolute Gasteiger partial charge is 0.248 e. The van der Waals surface area contributed by atoms with Gasteiger partial charge in [-0.05, 0) is 0 Å². The summed E-state index contributed by atoms with van der Waals surface area (Å²) in [6, 6.07) is 9.15. The first-order valence-electron chi connectivity index (χ1n) is 5.71. The molecule has 0 spiro atoms. The largest absolute Gasteiger partial charge is 0.370 e. The molecular weight excluding hydrogens is 218 g/mol. The van der Waals surface area contributed by atoms with Crippen LogP contribution in [0.25, 0.3) is 0 Å². The number of ketones is 1. The maximum Gasteiger partial charge on any atom is 0.248 e. The number of morpholine rings is 1. The number of ether oxygens (including phenoxy) is 1. The minimum atomic E-state index is -0.0305. The quantitative estimate of drug-likeness (QED) is 0.732. The molecule has 1 aromatic rings. The normalized spacial score (nSPS) is 16.0. The summed E-state index contributed by atoms with van der Waals surface area (Å²) in [7, 11) is 0. The van der Waals surface area contributed by atoms with Crippen LogP contribution < -0.4 is 0 Å². The van der Waals surface area contributed by atoms with E-state index in [1.165, 1.54) is 0 Å². The zero-order chi connectivity index (χ0) is 12.1. The summed E-state index contributed by atoms with van der Waals surface area (Å²) < 4.78 is 5.03. The lowest BCUT2D eigenvalue weighted by atomic mass is 10.1. The van der Waals surface area contributed by atoms with Gasteiger partial charge in [-0.2, -0.15) is 0 Å². The van der Waals surface area contributed by atoms with Crippen molar-refractivity contribution in [3.05, 3.63) is 35.9 Å². The van der Waals surface area contributed by atoms with E-state index in [-0.39, 0.29) is 18.3 Å². The van der Waals surface area contributed by atoms with Crippen LogP contribution in [0.1, 0.15) is 16.8 Å². The lowest BCUT2D eigenvalue weighted by Crippen LogP contribution is -2.42. The molecule has 0 atom stereocenters. The molecular formula is C13H15NO3. The minimum absolute atomic E-state index is 0.0305. The van der Waals surface area contributed by atoms with Crippen molar-refractivity contribution in [3.8, 4) is 0 Å². The highest BCUT2D eigenvalue weighted by molar-refractivity contribution is 5.96. The molecule has 1 aliphatic heterocycles. The lowest BCUT2D eigenvalue weighted by molar-refractivity contribution is -0.142. The van der Waals surface area contributed by atoms with Crippen LogP contribution in [0.15, 0.2) is 30.3 Å². The van der Waals surface area contributed by atoms with Crippen LogP contribution in [0.2, 0.25) is 0 Å². The molecule has 0 aromatic heterocycles. The second-order valence-electron chi connectivity index (χ2n) is 3.97. The van der Waals surface area contributed by atoms with Crippen LogP contribution in [0, 0.1) is 0 Å². The molecule has 1 aromatic carbocycles. The van der Waals surface area contributed by atoms with Gasteiger partial charge >= 0.3 is 0 Å². The fraction of sp³-hybridized carbons (Fsp3) is 0.385. The Balaban J connectivity index is 1.86. The molecule has 90 valence electrons. The van der Waals surface area contributed by atoms with Gasteiger partial charge in [0.2, 0.25) is 5.91 Å². The van der Waals surface area contributed by atoms with E-state index in [1.54, 1.807) is 17.0 Å². The first-order chi connectivity index (χ1) is 8.27.